The van der Waals surface area contributed by atoms with Crippen LogP contribution in [0, 0.1) is 0 Å². The Hall–Kier alpha value is -0.0700. The van der Waals surface area contributed by atoms with Gasteiger partial charge in [0.1, 0.15) is 0 Å². The largest absolute Gasteiger partial charge is 0.471 e. The fourth-order valence-electron chi connectivity index (χ4n) is 1.44. The van der Waals surface area contributed by atoms with Crippen molar-refractivity contribution in [3.63, 3.8) is 0 Å². The van der Waals surface area contributed by atoms with Crippen molar-refractivity contribution in [3.05, 3.63) is 0 Å². The molecule has 7 heteroatoms. The maximum atomic E-state index is 11.3. The maximum Gasteiger partial charge on any atom is 0.256 e. The molecule has 0 amide bonds. The lowest BCUT2D eigenvalue weighted by Gasteiger charge is -2.16. The van der Waals surface area contributed by atoms with Gasteiger partial charge < -0.3 is 10.1 Å². The molecule has 1 rings (SSSR count). The fourth-order valence-corrected chi connectivity index (χ4v) is 4.22. The van der Waals surface area contributed by atoms with E-state index in [0.717, 1.165) is 12.8 Å². The number of hydrogen-bond donors (Lipinski definition) is 1. The highest BCUT2D eigenvalue weighted by Crippen LogP contribution is 2.18. The summed E-state index contributed by atoms with van der Waals surface area (Å²) in [6.07, 6.45) is 1.95. The van der Waals surface area contributed by atoms with Crippen molar-refractivity contribution in [2.24, 2.45) is 0 Å². The van der Waals surface area contributed by atoms with Crippen LogP contribution in [-0.2, 0) is 14.6 Å². The predicted octanol–water partition coefficient (Wildman–Crippen LogP) is 1.08. The number of thiocarbonyl (C=S) groups is 1. The third-order valence-electron chi connectivity index (χ3n) is 2.32. The van der Waals surface area contributed by atoms with Crippen LogP contribution in [-0.4, -0.2) is 43.1 Å². The first-order valence-corrected chi connectivity index (χ1v) is 7.89. The number of rotatable bonds is 4. The van der Waals surface area contributed by atoms with Crippen LogP contribution in [0.2, 0.25) is 0 Å². The number of unbranched alkanes of at least 4 members (excludes halogenated alkanes) is 1. The molecule has 0 aromatic carbocycles. The van der Waals surface area contributed by atoms with Gasteiger partial charge >= 0.3 is 0 Å². The number of alkyl halides is 1. The SMILES string of the molecule is CCCCOC(=S)N[C@@H]1CS(=O)(=O)C[C@@H]1Cl. The molecule has 0 saturated carbocycles. The summed E-state index contributed by atoms with van der Waals surface area (Å²) in [5.74, 6) is 0.0300. The maximum absolute atomic E-state index is 11.3. The highest BCUT2D eigenvalue weighted by Gasteiger charge is 2.36. The zero-order chi connectivity index (χ0) is 12.2. The Morgan fingerprint density at radius 3 is 2.75 bits per heavy atom. The van der Waals surface area contributed by atoms with Crippen LogP contribution in [0.15, 0.2) is 0 Å². The molecule has 4 nitrogen and oxygen atoms in total. The molecule has 1 N–H and O–H groups in total. The molecule has 0 unspecified atom stereocenters. The van der Waals surface area contributed by atoms with Gasteiger partial charge in [-0.3, -0.25) is 0 Å². The van der Waals surface area contributed by atoms with Crippen LogP contribution in [0.3, 0.4) is 0 Å². The predicted molar refractivity (Wildman–Crippen MR) is 68.7 cm³/mol. The van der Waals surface area contributed by atoms with Crippen LogP contribution in [0.25, 0.3) is 0 Å². The van der Waals surface area contributed by atoms with Crippen LogP contribution < -0.4 is 5.32 Å². The molecule has 1 aliphatic heterocycles. The first kappa shape index (κ1) is 14.0. The van der Waals surface area contributed by atoms with Gasteiger partial charge in [0.2, 0.25) is 0 Å². The zero-order valence-electron chi connectivity index (χ0n) is 9.11. The van der Waals surface area contributed by atoms with Gasteiger partial charge in [-0.2, -0.15) is 0 Å². The first-order valence-electron chi connectivity index (χ1n) is 5.22. The minimum Gasteiger partial charge on any atom is -0.471 e. The van der Waals surface area contributed by atoms with E-state index in [0.29, 0.717) is 6.61 Å². The quantitative estimate of drug-likeness (QED) is 0.476. The van der Waals surface area contributed by atoms with Gasteiger partial charge in [-0.25, -0.2) is 8.42 Å². The van der Waals surface area contributed by atoms with Gasteiger partial charge in [-0.15, -0.1) is 11.6 Å². The van der Waals surface area contributed by atoms with E-state index in [1.165, 1.54) is 0 Å². The molecule has 0 bridgehead atoms. The van der Waals surface area contributed by atoms with Crippen molar-refractivity contribution < 1.29 is 13.2 Å². The van der Waals surface area contributed by atoms with E-state index in [2.05, 4.69) is 12.2 Å². The molecule has 16 heavy (non-hydrogen) atoms. The Labute approximate surface area is 107 Å². The van der Waals surface area contributed by atoms with Crippen molar-refractivity contribution in [1.29, 1.82) is 0 Å². The molecule has 0 aromatic rings. The number of sulfone groups is 1. The van der Waals surface area contributed by atoms with Gasteiger partial charge in [0.25, 0.3) is 5.17 Å². The van der Waals surface area contributed by atoms with Crippen LogP contribution >= 0.6 is 23.8 Å². The fraction of sp³-hybridized carbons (Fsp3) is 0.889. The molecule has 1 heterocycles. The van der Waals surface area contributed by atoms with Crippen LogP contribution in [0.5, 0.6) is 0 Å². The van der Waals surface area contributed by atoms with Gasteiger partial charge in [-0.1, -0.05) is 13.3 Å². The molecule has 94 valence electrons. The molecule has 1 saturated heterocycles. The van der Waals surface area contributed by atoms with Crippen molar-refractivity contribution in [3.8, 4) is 0 Å². The summed E-state index contributed by atoms with van der Waals surface area (Å²) in [5.41, 5.74) is 0. The summed E-state index contributed by atoms with van der Waals surface area (Å²) in [7, 11) is -3.03. The van der Waals surface area contributed by atoms with E-state index in [1.807, 2.05) is 0 Å². The minimum absolute atomic E-state index is 0.00377. The third kappa shape index (κ3) is 4.43. The standard InChI is InChI=1S/C9H16ClNO3S2/c1-2-3-4-14-9(15)11-8-6-16(12,13)5-7(8)10/h7-8H,2-6H2,1H3,(H,11,15)/t7-,8+/m0/s1. The number of halogens is 1. The molecule has 1 aliphatic rings. The second kappa shape index (κ2) is 6.02. The molecule has 0 aliphatic carbocycles. The molecule has 2 atom stereocenters. The van der Waals surface area contributed by atoms with E-state index in [9.17, 15) is 8.42 Å². The van der Waals surface area contributed by atoms with Gasteiger partial charge in [0, 0.05) is 0 Å². The van der Waals surface area contributed by atoms with E-state index in [-0.39, 0.29) is 22.7 Å². The Kier molecular flexibility index (Phi) is 5.27. The summed E-state index contributed by atoms with van der Waals surface area (Å²) < 4.78 is 27.8. The normalized spacial score (nSPS) is 27.6. The van der Waals surface area contributed by atoms with Crippen molar-refractivity contribution in [1.82, 2.24) is 5.32 Å². The minimum atomic E-state index is -3.03. The average Bonchev–Trinajstić information content (AvgIpc) is 2.40. The summed E-state index contributed by atoms with van der Waals surface area (Å²) >= 11 is 10.9. The number of ether oxygens (including phenoxy) is 1. The highest BCUT2D eigenvalue weighted by atomic mass is 35.5. The summed E-state index contributed by atoms with van der Waals surface area (Å²) in [6.45, 7) is 2.60. The average molecular weight is 286 g/mol. The molecular formula is C9H16ClNO3S2. The monoisotopic (exact) mass is 285 g/mol. The van der Waals surface area contributed by atoms with E-state index in [1.54, 1.807) is 0 Å². The Morgan fingerprint density at radius 1 is 1.56 bits per heavy atom. The van der Waals surface area contributed by atoms with E-state index >= 15 is 0 Å². The van der Waals surface area contributed by atoms with Gasteiger partial charge in [0.15, 0.2) is 9.84 Å². The van der Waals surface area contributed by atoms with E-state index < -0.39 is 15.2 Å². The van der Waals surface area contributed by atoms with Crippen molar-refractivity contribution in [2.45, 2.75) is 31.2 Å². The molecule has 0 spiro atoms. The Bertz CT molecular complexity index is 345. The van der Waals surface area contributed by atoms with Crippen molar-refractivity contribution in [2.75, 3.05) is 18.1 Å². The zero-order valence-corrected chi connectivity index (χ0v) is 11.5. The molecular weight excluding hydrogens is 270 g/mol. The second-order valence-electron chi connectivity index (χ2n) is 3.83. The Morgan fingerprint density at radius 2 is 2.25 bits per heavy atom. The third-order valence-corrected chi connectivity index (χ3v) is 4.93. The van der Waals surface area contributed by atoms with Gasteiger partial charge in [0.05, 0.1) is 29.5 Å². The lowest BCUT2D eigenvalue weighted by atomic mass is 10.3. The first-order chi connectivity index (χ1) is 7.44. The number of nitrogens with one attached hydrogen (secondary N) is 1. The summed E-state index contributed by atoms with van der Waals surface area (Å²) in [6, 6.07) is -0.333. The lowest BCUT2D eigenvalue weighted by Crippen LogP contribution is -2.40. The summed E-state index contributed by atoms with van der Waals surface area (Å²) in [5, 5.41) is 2.65. The topological polar surface area (TPSA) is 55.4 Å². The molecule has 1 fully saturated rings. The van der Waals surface area contributed by atoms with Crippen molar-refractivity contribution >= 4 is 38.8 Å². The molecule has 0 aromatic heterocycles. The molecule has 0 radical (unpaired) electrons. The second-order valence-corrected chi connectivity index (χ2v) is 6.92. The van der Waals surface area contributed by atoms with E-state index in [4.69, 9.17) is 28.6 Å². The lowest BCUT2D eigenvalue weighted by molar-refractivity contribution is 0.287. The smallest absolute Gasteiger partial charge is 0.256 e. The summed E-state index contributed by atoms with van der Waals surface area (Å²) in [4.78, 5) is 0. The Balaban J connectivity index is 2.35. The van der Waals surface area contributed by atoms with Gasteiger partial charge in [-0.05, 0) is 18.6 Å². The number of hydrogen-bond acceptors (Lipinski definition) is 4. The van der Waals surface area contributed by atoms with Crippen LogP contribution in [0.1, 0.15) is 19.8 Å². The highest BCUT2D eigenvalue weighted by molar-refractivity contribution is 7.91. The van der Waals surface area contributed by atoms with Crippen LogP contribution in [0.4, 0.5) is 0 Å².